The molecule has 1 fully saturated rings. The lowest BCUT2D eigenvalue weighted by Gasteiger charge is -2.33. The van der Waals surface area contributed by atoms with Gasteiger partial charge in [-0.25, -0.2) is 13.1 Å². The van der Waals surface area contributed by atoms with Crippen LogP contribution in [0.4, 0.5) is 5.69 Å². The molecular formula is C18H25N3O5S. The largest absolute Gasteiger partial charge is 0.365 e. The van der Waals surface area contributed by atoms with E-state index in [1.165, 1.54) is 17.0 Å². The van der Waals surface area contributed by atoms with Crippen LogP contribution in [0.15, 0.2) is 23.1 Å². The van der Waals surface area contributed by atoms with E-state index < -0.39 is 16.1 Å². The third kappa shape index (κ3) is 4.31. The van der Waals surface area contributed by atoms with Crippen molar-refractivity contribution in [1.82, 2.24) is 9.62 Å². The molecule has 0 aromatic heterocycles. The summed E-state index contributed by atoms with van der Waals surface area (Å²) >= 11 is 0. The number of nitrogens with zero attached hydrogens (tertiary/aromatic N) is 2. The van der Waals surface area contributed by atoms with E-state index in [2.05, 4.69) is 4.72 Å². The molecule has 27 heavy (non-hydrogen) atoms. The Hall–Kier alpha value is -1.97. The normalized spacial score (nSPS) is 20.5. The number of carbonyl (C=O) groups is 2. The van der Waals surface area contributed by atoms with Gasteiger partial charge in [-0.2, -0.15) is 0 Å². The Bertz CT molecular complexity index is 853. The van der Waals surface area contributed by atoms with Crippen LogP contribution in [0.2, 0.25) is 0 Å². The number of nitrogens with one attached hydrogen (secondary N) is 1. The number of hydrogen-bond donors (Lipinski definition) is 1. The fraction of sp³-hybridized carbons (Fsp3) is 0.556. The summed E-state index contributed by atoms with van der Waals surface area (Å²) in [6, 6.07) is 4.68. The molecule has 2 amide bonds. The molecular weight excluding hydrogens is 370 g/mol. The maximum Gasteiger partial charge on any atom is 0.248 e. The van der Waals surface area contributed by atoms with Gasteiger partial charge in [0.15, 0.2) is 0 Å². The predicted octanol–water partition coefficient (Wildman–Crippen LogP) is 0.367. The van der Waals surface area contributed by atoms with Gasteiger partial charge in [-0.15, -0.1) is 0 Å². The summed E-state index contributed by atoms with van der Waals surface area (Å²) in [6.07, 6.45) is -0.189. The first-order valence-electron chi connectivity index (χ1n) is 8.96. The van der Waals surface area contributed by atoms with Gasteiger partial charge in [0.05, 0.1) is 17.4 Å². The molecule has 3 rings (SSSR count). The first-order chi connectivity index (χ1) is 12.7. The molecule has 148 valence electrons. The third-order valence-corrected chi connectivity index (χ3v) is 6.17. The van der Waals surface area contributed by atoms with Crippen LogP contribution < -0.4 is 9.62 Å². The minimum Gasteiger partial charge on any atom is -0.365 e. The summed E-state index contributed by atoms with van der Waals surface area (Å²) in [7, 11) is -2.06. The van der Waals surface area contributed by atoms with E-state index in [9.17, 15) is 18.0 Å². The number of sulfonamides is 1. The zero-order chi connectivity index (χ0) is 19.8. The van der Waals surface area contributed by atoms with Gasteiger partial charge in [-0.05, 0) is 29.7 Å². The molecule has 2 heterocycles. The SMILES string of the molecule is CC(C)CN1CC(CNS(=O)(=O)c2ccc3c(c2)CC(=O)N3C)OCC1=O. The van der Waals surface area contributed by atoms with Crippen molar-refractivity contribution in [1.29, 1.82) is 0 Å². The van der Waals surface area contributed by atoms with Crippen LogP contribution in [0.25, 0.3) is 0 Å². The van der Waals surface area contributed by atoms with Crippen LogP contribution in [0, 0.1) is 5.92 Å². The number of morpholine rings is 1. The van der Waals surface area contributed by atoms with Gasteiger partial charge in [0, 0.05) is 32.4 Å². The Labute approximate surface area is 159 Å². The number of anilines is 1. The predicted molar refractivity (Wildman–Crippen MR) is 99.9 cm³/mol. The molecule has 1 aromatic carbocycles. The lowest BCUT2D eigenvalue weighted by Crippen LogP contribution is -2.51. The Kier molecular flexibility index (Phi) is 5.55. The van der Waals surface area contributed by atoms with E-state index in [1.807, 2.05) is 13.8 Å². The van der Waals surface area contributed by atoms with E-state index >= 15 is 0 Å². The van der Waals surface area contributed by atoms with Gasteiger partial charge in [0.25, 0.3) is 0 Å². The number of carbonyl (C=O) groups excluding carboxylic acids is 2. The minimum atomic E-state index is -3.73. The first-order valence-corrected chi connectivity index (χ1v) is 10.4. The highest BCUT2D eigenvalue weighted by molar-refractivity contribution is 7.89. The fourth-order valence-electron chi connectivity index (χ4n) is 3.32. The molecule has 9 heteroatoms. The summed E-state index contributed by atoms with van der Waals surface area (Å²) in [5.74, 6) is 0.199. The Morgan fingerprint density at radius 3 is 2.70 bits per heavy atom. The number of ether oxygens (including phenoxy) is 1. The second kappa shape index (κ2) is 7.57. The molecule has 0 bridgehead atoms. The maximum atomic E-state index is 12.6. The molecule has 0 radical (unpaired) electrons. The lowest BCUT2D eigenvalue weighted by atomic mass is 10.2. The van der Waals surface area contributed by atoms with Gasteiger partial charge in [-0.1, -0.05) is 13.8 Å². The molecule has 2 aliphatic rings. The number of fused-ring (bicyclic) bond motifs is 1. The molecule has 1 N–H and O–H groups in total. The van der Waals surface area contributed by atoms with Crippen molar-refractivity contribution in [3.63, 3.8) is 0 Å². The monoisotopic (exact) mass is 395 g/mol. The zero-order valence-electron chi connectivity index (χ0n) is 15.8. The Morgan fingerprint density at radius 2 is 2.00 bits per heavy atom. The van der Waals surface area contributed by atoms with Crippen molar-refractivity contribution in [2.24, 2.45) is 5.92 Å². The third-order valence-electron chi connectivity index (χ3n) is 4.74. The number of benzene rings is 1. The van der Waals surface area contributed by atoms with Gasteiger partial charge >= 0.3 is 0 Å². The van der Waals surface area contributed by atoms with E-state index in [4.69, 9.17) is 4.74 Å². The molecule has 2 aliphatic heterocycles. The molecule has 0 saturated carbocycles. The molecule has 0 aliphatic carbocycles. The maximum absolute atomic E-state index is 12.6. The summed E-state index contributed by atoms with van der Waals surface area (Å²) in [5.41, 5.74) is 1.44. The average Bonchev–Trinajstić information content (AvgIpc) is 2.89. The quantitative estimate of drug-likeness (QED) is 0.751. The highest BCUT2D eigenvalue weighted by Gasteiger charge is 2.29. The summed E-state index contributed by atoms with van der Waals surface area (Å²) in [4.78, 5) is 27.0. The second-order valence-corrected chi connectivity index (χ2v) is 9.16. The van der Waals surface area contributed by atoms with Crippen molar-refractivity contribution in [3.05, 3.63) is 23.8 Å². The minimum absolute atomic E-state index is 0.0353. The second-order valence-electron chi connectivity index (χ2n) is 7.40. The summed E-state index contributed by atoms with van der Waals surface area (Å²) < 4.78 is 33.3. The smallest absolute Gasteiger partial charge is 0.248 e. The summed E-state index contributed by atoms with van der Waals surface area (Å²) in [6.45, 7) is 5.08. The topological polar surface area (TPSA) is 96.0 Å². The van der Waals surface area contributed by atoms with Crippen molar-refractivity contribution >= 4 is 27.5 Å². The van der Waals surface area contributed by atoms with Crippen LogP contribution in [-0.4, -0.2) is 64.5 Å². The highest BCUT2D eigenvalue weighted by atomic mass is 32.2. The molecule has 1 unspecified atom stereocenters. The van der Waals surface area contributed by atoms with E-state index in [1.54, 1.807) is 18.0 Å². The first kappa shape index (κ1) is 19.8. The van der Waals surface area contributed by atoms with E-state index in [0.717, 1.165) is 5.69 Å². The lowest BCUT2D eigenvalue weighted by molar-refractivity contribution is -0.149. The molecule has 1 atom stereocenters. The van der Waals surface area contributed by atoms with Crippen molar-refractivity contribution in [2.45, 2.75) is 31.3 Å². The zero-order valence-corrected chi connectivity index (χ0v) is 16.6. The van der Waals surface area contributed by atoms with E-state index in [-0.39, 0.29) is 36.3 Å². The van der Waals surface area contributed by atoms with Crippen LogP contribution >= 0.6 is 0 Å². The molecule has 8 nitrogen and oxygen atoms in total. The van der Waals surface area contributed by atoms with Gasteiger partial charge in [0.2, 0.25) is 21.8 Å². The van der Waals surface area contributed by atoms with Gasteiger partial charge in [-0.3, -0.25) is 9.59 Å². The van der Waals surface area contributed by atoms with Crippen LogP contribution in [0.5, 0.6) is 0 Å². The Balaban J connectivity index is 1.65. The van der Waals surface area contributed by atoms with Crippen molar-refractivity contribution < 1.29 is 22.7 Å². The van der Waals surface area contributed by atoms with Crippen LogP contribution in [0.1, 0.15) is 19.4 Å². The van der Waals surface area contributed by atoms with Crippen LogP contribution in [-0.2, 0) is 30.8 Å². The Morgan fingerprint density at radius 1 is 1.26 bits per heavy atom. The van der Waals surface area contributed by atoms with Crippen LogP contribution in [0.3, 0.4) is 0 Å². The highest BCUT2D eigenvalue weighted by Crippen LogP contribution is 2.29. The van der Waals surface area contributed by atoms with Gasteiger partial charge in [0.1, 0.15) is 6.61 Å². The standard InChI is InChI=1S/C18H25N3O5S/c1-12(2)9-21-10-14(26-11-18(21)23)8-19-27(24,25)15-4-5-16-13(6-15)7-17(22)20(16)3/h4-6,12,14,19H,7-11H2,1-3H3. The molecule has 1 aromatic rings. The average molecular weight is 395 g/mol. The van der Waals surface area contributed by atoms with Crippen molar-refractivity contribution in [2.75, 3.05) is 38.2 Å². The number of amides is 2. The fourth-order valence-corrected chi connectivity index (χ4v) is 4.44. The van der Waals surface area contributed by atoms with Gasteiger partial charge < -0.3 is 14.5 Å². The number of likely N-dealkylation sites (N-methyl/N-ethyl adjacent to an activating group) is 1. The van der Waals surface area contributed by atoms with Crippen molar-refractivity contribution in [3.8, 4) is 0 Å². The number of hydrogen-bond acceptors (Lipinski definition) is 5. The van der Waals surface area contributed by atoms with E-state index in [0.29, 0.717) is 24.6 Å². The number of rotatable bonds is 6. The summed E-state index contributed by atoms with van der Waals surface area (Å²) in [5, 5.41) is 0. The molecule has 1 saturated heterocycles. The molecule has 0 spiro atoms.